The quantitative estimate of drug-likeness (QED) is 0.653. The molecular weight excluding hydrogens is 221 g/mol. The predicted octanol–water partition coefficient (Wildman–Crippen LogP) is 1.50. The van der Waals surface area contributed by atoms with Crippen molar-refractivity contribution in [3.63, 3.8) is 0 Å². The van der Waals surface area contributed by atoms with Crippen LogP contribution in [0, 0.1) is 0 Å². The summed E-state index contributed by atoms with van der Waals surface area (Å²) in [6.07, 6.45) is -3.93. The van der Waals surface area contributed by atoms with E-state index in [-0.39, 0.29) is 6.10 Å². The molecular formula is C10H21F3N2O. The largest absolute Gasteiger partial charge is 0.401 e. The number of halogens is 3. The lowest BCUT2D eigenvalue weighted by molar-refractivity contribution is -0.124. The van der Waals surface area contributed by atoms with Crippen LogP contribution in [0.5, 0.6) is 0 Å². The summed E-state index contributed by atoms with van der Waals surface area (Å²) in [6, 6.07) is 0. The van der Waals surface area contributed by atoms with Crippen molar-refractivity contribution in [2.45, 2.75) is 26.1 Å². The van der Waals surface area contributed by atoms with Gasteiger partial charge in [0.1, 0.15) is 0 Å². The molecule has 0 radical (unpaired) electrons. The second kappa shape index (κ2) is 7.86. The minimum Gasteiger partial charge on any atom is -0.377 e. The summed E-state index contributed by atoms with van der Waals surface area (Å²) in [5.41, 5.74) is 0. The molecule has 0 heterocycles. The van der Waals surface area contributed by atoms with Crippen LogP contribution in [0.4, 0.5) is 13.2 Å². The molecule has 0 atom stereocenters. The van der Waals surface area contributed by atoms with Crippen LogP contribution >= 0.6 is 0 Å². The third kappa shape index (κ3) is 11.7. The molecule has 0 spiro atoms. The topological polar surface area (TPSA) is 24.5 Å². The number of ether oxygens (including phenoxy) is 1. The Kier molecular flexibility index (Phi) is 7.70. The van der Waals surface area contributed by atoms with E-state index in [1.54, 1.807) is 0 Å². The zero-order valence-corrected chi connectivity index (χ0v) is 10.1. The molecule has 0 amide bonds. The third-order valence-electron chi connectivity index (χ3n) is 1.92. The summed E-state index contributed by atoms with van der Waals surface area (Å²) in [4.78, 5) is 1.94. The summed E-state index contributed by atoms with van der Waals surface area (Å²) in [5.74, 6) is 0. The Bertz CT molecular complexity index is 174. The van der Waals surface area contributed by atoms with Gasteiger partial charge in [-0.1, -0.05) is 0 Å². The minimum absolute atomic E-state index is 0.191. The Morgan fingerprint density at radius 3 is 2.38 bits per heavy atom. The molecule has 6 heteroatoms. The van der Waals surface area contributed by atoms with Crippen molar-refractivity contribution in [3.8, 4) is 0 Å². The van der Waals surface area contributed by atoms with Crippen molar-refractivity contribution in [3.05, 3.63) is 0 Å². The molecule has 0 aliphatic heterocycles. The fourth-order valence-electron chi connectivity index (χ4n) is 1.06. The van der Waals surface area contributed by atoms with Crippen molar-refractivity contribution in [2.24, 2.45) is 0 Å². The molecule has 0 aromatic carbocycles. The molecule has 1 N–H and O–H groups in total. The van der Waals surface area contributed by atoms with E-state index >= 15 is 0 Å². The molecule has 0 aromatic rings. The van der Waals surface area contributed by atoms with E-state index in [1.165, 1.54) is 0 Å². The van der Waals surface area contributed by atoms with Gasteiger partial charge in [-0.05, 0) is 20.9 Å². The first-order valence-electron chi connectivity index (χ1n) is 5.39. The van der Waals surface area contributed by atoms with Gasteiger partial charge >= 0.3 is 6.18 Å². The molecule has 0 unspecified atom stereocenters. The highest BCUT2D eigenvalue weighted by molar-refractivity contribution is 4.58. The Balaban J connectivity index is 3.34. The van der Waals surface area contributed by atoms with Crippen LogP contribution in [0.2, 0.25) is 0 Å². The summed E-state index contributed by atoms with van der Waals surface area (Å²) >= 11 is 0. The van der Waals surface area contributed by atoms with E-state index < -0.39 is 12.7 Å². The maximum Gasteiger partial charge on any atom is 0.401 e. The number of likely N-dealkylation sites (N-methyl/N-ethyl adjacent to an activating group) is 1. The molecule has 0 rings (SSSR count). The number of hydrogen-bond acceptors (Lipinski definition) is 3. The standard InChI is InChI=1S/C10H21F3N2O/c1-9(2)16-7-6-15(3)5-4-14-8-10(11,12)13/h9,14H,4-8H2,1-3H3. The second-order valence-corrected chi connectivity index (χ2v) is 4.01. The molecule has 3 nitrogen and oxygen atoms in total. The molecule has 0 bridgehead atoms. The van der Waals surface area contributed by atoms with Crippen molar-refractivity contribution >= 4 is 0 Å². The van der Waals surface area contributed by atoms with Gasteiger partial charge in [0.25, 0.3) is 0 Å². The molecule has 0 aliphatic rings. The number of alkyl halides is 3. The van der Waals surface area contributed by atoms with Crippen molar-refractivity contribution < 1.29 is 17.9 Å². The van der Waals surface area contributed by atoms with Crippen LogP contribution in [-0.4, -0.2) is 57.0 Å². The van der Waals surface area contributed by atoms with Gasteiger partial charge in [0.2, 0.25) is 0 Å². The molecule has 0 aromatic heterocycles. The zero-order valence-electron chi connectivity index (χ0n) is 10.1. The average molecular weight is 242 g/mol. The summed E-state index contributed by atoms with van der Waals surface area (Å²) in [5, 5.41) is 2.35. The highest BCUT2D eigenvalue weighted by Gasteiger charge is 2.25. The summed E-state index contributed by atoms with van der Waals surface area (Å²) < 4.78 is 40.7. The Morgan fingerprint density at radius 1 is 1.25 bits per heavy atom. The third-order valence-corrected chi connectivity index (χ3v) is 1.92. The Labute approximate surface area is 94.9 Å². The first-order valence-corrected chi connectivity index (χ1v) is 5.39. The fourth-order valence-corrected chi connectivity index (χ4v) is 1.06. The van der Waals surface area contributed by atoms with E-state index in [2.05, 4.69) is 5.32 Å². The van der Waals surface area contributed by atoms with Gasteiger partial charge in [-0.3, -0.25) is 0 Å². The van der Waals surface area contributed by atoms with Crippen molar-refractivity contribution in [1.82, 2.24) is 10.2 Å². The monoisotopic (exact) mass is 242 g/mol. The molecule has 98 valence electrons. The maximum atomic E-state index is 11.8. The summed E-state index contributed by atoms with van der Waals surface area (Å²) in [7, 11) is 1.86. The van der Waals surface area contributed by atoms with Gasteiger partial charge in [0.15, 0.2) is 0 Å². The first kappa shape index (κ1) is 15.7. The van der Waals surface area contributed by atoms with Gasteiger partial charge in [0.05, 0.1) is 19.3 Å². The van der Waals surface area contributed by atoms with Crippen LogP contribution in [0.25, 0.3) is 0 Å². The molecule has 16 heavy (non-hydrogen) atoms. The molecule has 0 aliphatic carbocycles. The predicted molar refractivity (Wildman–Crippen MR) is 57.5 cm³/mol. The Morgan fingerprint density at radius 2 is 1.88 bits per heavy atom. The Hall–Kier alpha value is -0.330. The van der Waals surface area contributed by atoms with E-state index in [4.69, 9.17) is 4.74 Å². The minimum atomic E-state index is -4.13. The van der Waals surface area contributed by atoms with Gasteiger partial charge in [-0.15, -0.1) is 0 Å². The first-order chi connectivity index (χ1) is 7.31. The normalized spacial score (nSPS) is 12.8. The van der Waals surface area contributed by atoms with Gasteiger partial charge in [-0.2, -0.15) is 13.2 Å². The van der Waals surface area contributed by atoms with E-state index in [0.29, 0.717) is 19.7 Å². The SMILES string of the molecule is CC(C)OCCN(C)CCNCC(F)(F)F. The lowest BCUT2D eigenvalue weighted by Crippen LogP contribution is -2.36. The van der Waals surface area contributed by atoms with Crippen molar-refractivity contribution in [1.29, 1.82) is 0 Å². The second-order valence-electron chi connectivity index (χ2n) is 4.01. The van der Waals surface area contributed by atoms with Crippen LogP contribution in [-0.2, 0) is 4.74 Å². The van der Waals surface area contributed by atoms with Gasteiger partial charge < -0.3 is 15.0 Å². The van der Waals surface area contributed by atoms with Gasteiger partial charge in [0, 0.05) is 19.6 Å². The van der Waals surface area contributed by atoms with Crippen LogP contribution in [0.3, 0.4) is 0 Å². The number of rotatable bonds is 8. The maximum absolute atomic E-state index is 11.8. The van der Waals surface area contributed by atoms with Crippen molar-refractivity contribution in [2.75, 3.05) is 39.8 Å². The molecule has 0 fully saturated rings. The smallest absolute Gasteiger partial charge is 0.377 e. The lowest BCUT2D eigenvalue weighted by Gasteiger charge is -2.18. The highest BCUT2D eigenvalue weighted by atomic mass is 19.4. The highest BCUT2D eigenvalue weighted by Crippen LogP contribution is 2.11. The van der Waals surface area contributed by atoms with Gasteiger partial charge in [-0.25, -0.2) is 0 Å². The average Bonchev–Trinajstić information content (AvgIpc) is 2.10. The summed E-state index contributed by atoms with van der Waals surface area (Å²) in [6.45, 7) is 5.22. The van der Waals surface area contributed by atoms with Crippen LogP contribution in [0.15, 0.2) is 0 Å². The fraction of sp³-hybridized carbons (Fsp3) is 1.00. The number of hydrogen-bond donors (Lipinski definition) is 1. The molecule has 0 saturated carbocycles. The lowest BCUT2D eigenvalue weighted by atomic mass is 10.4. The molecule has 0 saturated heterocycles. The van der Waals surface area contributed by atoms with E-state index in [1.807, 2.05) is 25.8 Å². The number of nitrogens with zero attached hydrogens (tertiary/aromatic N) is 1. The van der Waals surface area contributed by atoms with E-state index in [0.717, 1.165) is 6.54 Å². The zero-order chi connectivity index (χ0) is 12.6. The van der Waals surface area contributed by atoms with E-state index in [9.17, 15) is 13.2 Å². The van der Waals surface area contributed by atoms with Crippen LogP contribution in [0.1, 0.15) is 13.8 Å². The van der Waals surface area contributed by atoms with Crippen LogP contribution < -0.4 is 5.32 Å². The number of nitrogens with one attached hydrogen (secondary N) is 1.